The standard InChI is InChI=1S/C19H25F3N6O2/c20-14-5-13(17(22)15(21)6-14)9-25-18-26-10-16(28(29)30)19(24,27-18)7-11-1-3-12(8-23)4-2-11/h5-6,10-12H,1-4,7-9,23-24H2,(H2,25,26,27). The van der Waals surface area contributed by atoms with Gasteiger partial charge in [-0.15, -0.1) is 0 Å². The third-order valence-electron chi connectivity index (χ3n) is 5.73. The van der Waals surface area contributed by atoms with Crippen LogP contribution in [0.1, 0.15) is 37.7 Å². The highest BCUT2D eigenvalue weighted by Crippen LogP contribution is 2.34. The maximum atomic E-state index is 13.8. The molecule has 11 heteroatoms. The van der Waals surface area contributed by atoms with Gasteiger partial charge in [-0.05, 0) is 56.6 Å². The van der Waals surface area contributed by atoms with Crippen LogP contribution in [0.2, 0.25) is 0 Å². The van der Waals surface area contributed by atoms with E-state index < -0.39 is 28.0 Å². The number of nitrogens with zero attached hydrogens (tertiary/aromatic N) is 2. The normalized spacial score (nSPS) is 27.9. The van der Waals surface area contributed by atoms with Gasteiger partial charge in [-0.3, -0.25) is 15.8 Å². The van der Waals surface area contributed by atoms with Crippen LogP contribution in [-0.4, -0.2) is 23.1 Å². The molecule has 0 amide bonds. The van der Waals surface area contributed by atoms with Gasteiger partial charge >= 0.3 is 5.70 Å². The smallest absolute Gasteiger partial charge is 0.301 e. The second-order valence-electron chi connectivity index (χ2n) is 7.88. The summed E-state index contributed by atoms with van der Waals surface area (Å²) in [6.45, 7) is 0.242. The minimum absolute atomic E-state index is 0.0582. The van der Waals surface area contributed by atoms with E-state index in [1.807, 2.05) is 0 Å². The largest absolute Gasteiger partial charge is 0.330 e. The van der Waals surface area contributed by atoms with E-state index in [-0.39, 0.29) is 29.7 Å². The molecule has 1 saturated carbocycles. The number of hydrogen-bond acceptors (Lipinski definition) is 5. The number of halogens is 3. The second kappa shape index (κ2) is 9.00. The molecule has 1 atom stereocenters. The van der Waals surface area contributed by atoms with E-state index in [2.05, 4.69) is 15.6 Å². The zero-order valence-electron chi connectivity index (χ0n) is 16.3. The first kappa shape index (κ1) is 22.0. The first-order valence-corrected chi connectivity index (χ1v) is 9.78. The Bertz CT molecular complexity index is 870. The molecule has 1 aromatic carbocycles. The van der Waals surface area contributed by atoms with Crippen molar-refractivity contribution in [2.45, 2.75) is 44.3 Å². The lowest BCUT2D eigenvalue weighted by atomic mass is 9.77. The van der Waals surface area contributed by atoms with Crippen LogP contribution in [-0.2, 0) is 6.54 Å². The molecule has 1 aromatic rings. The highest BCUT2D eigenvalue weighted by Gasteiger charge is 2.44. The summed E-state index contributed by atoms with van der Waals surface area (Å²) in [4.78, 5) is 15.0. The Morgan fingerprint density at radius 1 is 1.20 bits per heavy atom. The van der Waals surface area contributed by atoms with Crippen LogP contribution >= 0.6 is 0 Å². The molecule has 1 aliphatic carbocycles. The van der Waals surface area contributed by atoms with Crippen molar-refractivity contribution in [1.82, 2.24) is 10.6 Å². The zero-order valence-corrected chi connectivity index (χ0v) is 16.3. The number of nitrogens with one attached hydrogen (secondary N) is 2. The molecule has 6 N–H and O–H groups in total. The molecule has 8 nitrogen and oxygen atoms in total. The summed E-state index contributed by atoms with van der Waals surface area (Å²) in [7, 11) is 0. The van der Waals surface area contributed by atoms with E-state index in [1.54, 1.807) is 0 Å². The van der Waals surface area contributed by atoms with Gasteiger partial charge in [-0.25, -0.2) is 18.2 Å². The van der Waals surface area contributed by atoms with Crippen molar-refractivity contribution in [2.24, 2.45) is 28.3 Å². The van der Waals surface area contributed by atoms with Gasteiger partial charge in [0.2, 0.25) is 0 Å². The molecular formula is C19H25F3N6O2. The van der Waals surface area contributed by atoms with E-state index in [1.165, 1.54) is 0 Å². The third-order valence-corrected chi connectivity index (χ3v) is 5.73. The van der Waals surface area contributed by atoms with E-state index >= 15 is 0 Å². The fourth-order valence-corrected chi connectivity index (χ4v) is 4.05. The van der Waals surface area contributed by atoms with Gasteiger partial charge in [0.25, 0.3) is 0 Å². The van der Waals surface area contributed by atoms with Crippen LogP contribution in [0.25, 0.3) is 0 Å². The Labute approximate surface area is 171 Å². The molecule has 164 valence electrons. The van der Waals surface area contributed by atoms with E-state index in [9.17, 15) is 23.3 Å². The molecule has 30 heavy (non-hydrogen) atoms. The molecule has 1 unspecified atom stereocenters. The first-order chi connectivity index (χ1) is 14.2. The van der Waals surface area contributed by atoms with Crippen LogP contribution in [0, 0.1) is 39.4 Å². The highest BCUT2D eigenvalue weighted by molar-refractivity contribution is 5.83. The number of rotatable bonds is 6. The Morgan fingerprint density at radius 2 is 1.87 bits per heavy atom. The first-order valence-electron chi connectivity index (χ1n) is 9.78. The number of aliphatic imine (C=N–C) groups is 1. The Balaban J connectivity index is 1.76. The monoisotopic (exact) mass is 426 g/mol. The zero-order chi connectivity index (χ0) is 21.9. The maximum Gasteiger partial charge on any atom is 0.301 e. The lowest BCUT2D eigenvalue weighted by molar-refractivity contribution is -0.437. The number of nitro groups is 1. The van der Waals surface area contributed by atoms with Crippen molar-refractivity contribution in [3.05, 3.63) is 57.2 Å². The third kappa shape index (κ3) is 4.90. The van der Waals surface area contributed by atoms with Crippen LogP contribution in [0.5, 0.6) is 0 Å². The Morgan fingerprint density at radius 3 is 2.50 bits per heavy atom. The quantitative estimate of drug-likeness (QED) is 0.313. The van der Waals surface area contributed by atoms with Gasteiger partial charge < -0.3 is 16.4 Å². The number of guanidine groups is 1. The second-order valence-corrected chi connectivity index (χ2v) is 7.88. The van der Waals surface area contributed by atoms with Crippen molar-refractivity contribution in [3.8, 4) is 0 Å². The summed E-state index contributed by atoms with van der Waals surface area (Å²) in [6, 6.07) is 1.29. The van der Waals surface area contributed by atoms with Crippen LogP contribution in [0.15, 0.2) is 29.0 Å². The van der Waals surface area contributed by atoms with Gasteiger partial charge in [0.05, 0.1) is 17.7 Å². The topological polar surface area (TPSA) is 132 Å². The van der Waals surface area contributed by atoms with Crippen molar-refractivity contribution < 1.29 is 18.1 Å². The predicted molar refractivity (Wildman–Crippen MR) is 105 cm³/mol. The predicted octanol–water partition coefficient (Wildman–Crippen LogP) is 2.08. The molecule has 1 fully saturated rings. The summed E-state index contributed by atoms with van der Waals surface area (Å²) >= 11 is 0. The molecule has 0 bridgehead atoms. The number of benzene rings is 1. The lowest BCUT2D eigenvalue weighted by Gasteiger charge is -2.37. The van der Waals surface area contributed by atoms with Crippen molar-refractivity contribution >= 4 is 5.96 Å². The average molecular weight is 426 g/mol. The molecule has 0 saturated heterocycles. The molecule has 2 aliphatic rings. The summed E-state index contributed by atoms with van der Waals surface area (Å²) in [6.07, 6.45) is 5.06. The summed E-state index contributed by atoms with van der Waals surface area (Å²) in [5, 5.41) is 16.9. The highest BCUT2D eigenvalue weighted by atomic mass is 19.2. The van der Waals surface area contributed by atoms with Crippen molar-refractivity contribution in [2.75, 3.05) is 6.54 Å². The Kier molecular flexibility index (Phi) is 6.61. The number of nitrogens with two attached hydrogens (primary N) is 2. The van der Waals surface area contributed by atoms with Gasteiger partial charge in [-0.1, -0.05) is 0 Å². The van der Waals surface area contributed by atoms with Crippen molar-refractivity contribution in [1.29, 1.82) is 0 Å². The molecule has 3 rings (SSSR count). The molecule has 0 spiro atoms. The van der Waals surface area contributed by atoms with E-state index in [0.29, 0.717) is 24.9 Å². The van der Waals surface area contributed by atoms with Crippen LogP contribution in [0.4, 0.5) is 13.2 Å². The summed E-state index contributed by atoms with van der Waals surface area (Å²) in [5.74, 6) is -2.75. The minimum atomic E-state index is -1.49. The molecule has 0 aromatic heterocycles. The summed E-state index contributed by atoms with van der Waals surface area (Å²) < 4.78 is 40.6. The van der Waals surface area contributed by atoms with Gasteiger partial charge in [-0.2, -0.15) is 0 Å². The van der Waals surface area contributed by atoms with Crippen LogP contribution in [0.3, 0.4) is 0 Å². The molecule has 1 aliphatic heterocycles. The van der Waals surface area contributed by atoms with E-state index in [4.69, 9.17) is 11.5 Å². The number of hydrogen-bond donors (Lipinski definition) is 4. The Hall–Kier alpha value is -2.66. The SMILES string of the molecule is NCC1CCC(CC2(N)NC(=NCc3cc(F)cc(F)c3F)NC=C2[N+](=O)[O-])CC1. The van der Waals surface area contributed by atoms with Gasteiger partial charge in [0.15, 0.2) is 23.3 Å². The minimum Gasteiger partial charge on any atom is -0.330 e. The van der Waals surface area contributed by atoms with E-state index in [0.717, 1.165) is 37.9 Å². The summed E-state index contributed by atoms with van der Waals surface area (Å²) in [5.41, 5.74) is 10.1. The maximum absolute atomic E-state index is 13.8. The molecule has 1 heterocycles. The lowest BCUT2D eigenvalue weighted by Crippen LogP contribution is -2.64. The van der Waals surface area contributed by atoms with Crippen molar-refractivity contribution in [3.63, 3.8) is 0 Å². The molecule has 0 radical (unpaired) electrons. The average Bonchev–Trinajstić information content (AvgIpc) is 2.69. The van der Waals surface area contributed by atoms with Gasteiger partial charge in [0.1, 0.15) is 5.82 Å². The van der Waals surface area contributed by atoms with Crippen LogP contribution < -0.4 is 22.1 Å². The molecular weight excluding hydrogens is 401 g/mol. The fourth-order valence-electron chi connectivity index (χ4n) is 4.05. The fraction of sp³-hybridized carbons (Fsp3) is 0.526. The van der Waals surface area contributed by atoms with Gasteiger partial charge in [0, 0.05) is 11.6 Å².